The molecule has 2 saturated heterocycles. The molecule has 0 unspecified atom stereocenters. The number of likely N-dealkylation sites (tertiary alicyclic amines) is 2. The van der Waals surface area contributed by atoms with E-state index in [1.807, 2.05) is 13.8 Å². The number of hydrogen-bond acceptors (Lipinski definition) is 5. The van der Waals surface area contributed by atoms with Crippen molar-refractivity contribution >= 4 is 21.7 Å². The van der Waals surface area contributed by atoms with Gasteiger partial charge in [0.05, 0.1) is 16.6 Å². The summed E-state index contributed by atoms with van der Waals surface area (Å²) in [5, 5.41) is 0. The van der Waals surface area contributed by atoms with E-state index in [4.69, 9.17) is 4.74 Å². The van der Waals surface area contributed by atoms with E-state index in [0.29, 0.717) is 31.3 Å². The first-order valence-corrected chi connectivity index (χ1v) is 12.7. The van der Waals surface area contributed by atoms with Crippen LogP contribution in [0.1, 0.15) is 56.3 Å². The number of hydrogen-bond donors (Lipinski definition) is 0. The number of carbonyl (C=O) groups excluding carboxylic acids is 2. The molecule has 2 atom stereocenters. The molecule has 2 aliphatic heterocycles. The van der Waals surface area contributed by atoms with Gasteiger partial charge in [0.1, 0.15) is 5.75 Å². The molecule has 0 radical (unpaired) electrons. The summed E-state index contributed by atoms with van der Waals surface area (Å²) in [6.07, 6.45) is 5.29. The average Bonchev–Trinajstić information content (AvgIpc) is 3.51. The first kappa shape index (κ1) is 21.2. The molecular formula is C22H30N2O5S. The Morgan fingerprint density at radius 2 is 1.90 bits per heavy atom. The van der Waals surface area contributed by atoms with Crippen LogP contribution in [-0.4, -0.2) is 67.6 Å². The standard InChI is InChI=1S/C22H30N2O5S/c1-14(2)29-20-8-7-17(30(3,27)28)12-18(20)22(26)23-11-10-19-15(13-23)4-9-21(25)24(19)16-5-6-16/h7-8,12,14-16,19H,4-6,9-11,13H2,1-3H3/t15-,19-/m1/s1. The first-order chi connectivity index (χ1) is 14.1. The van der Waals surface area contributed by atoms with Gasteiger partial charge in [-0.2, -0.15) is 0 Å². The Bertz CT molecular complexity index is 954. The molecule has 3 aliphatic rings. The molecular weight excluding hydrogens is 404 g/mol. The van der Waals surface area contributed by atoms with Crippen LogP contribution in [0.3, 0.4) is 0 Å². The maximum absolute atomic E-state index is 13.4. The van der Waals surface area contributed by atoms with Crippen molar-refractivity contribution in [3.05, 3.63) is 23.8 Å². The molecule has 0 aromatic heterocycles. The Balaban J connectivity index is 1.58. The van der Waals surface area contributed by atoms with E-state index in [1.165, 1.54) is 12.1 Å². The summed E-state index contributed by atoms with van der Waals surface area (Å²) < 4.78 is 29.9. The summed E-state index contributed by atoms with van der Waals surface area (Å²) in [4.78, 5) is 29.8. The predicted octanol–water partition coefficient (Wildman–Crippen LogP) is 2.49. The quantitative estimate of drug-likeness (QED) is 0.711. The molecule has 3 fully saturated rings. The van der Waals surface area contributed by atoms with Crippen molar-refractivity contribution in [3.63, 3.8) is 0 Å². The fourth-order valence-electron chi connectivity index (χ4n) is 4.74. The molecule has 1 aliphatic carbocycles. The third kappa shape index (κ3) is 4.19. The summed E-state index contributed by atoms with van der Waals surface area (Å²) >= 11 is 0. The highest BCUT2D eigenvalue weighted by Gasteiger charge is 2.46. The van der Waals surface area contributed by atoms with Gasteiger partial charge in [-0.15, -0.1) is 0 Å². The fourth-order valence-corrected chi connectivity index (χ4v) is 5.39. The number of piperidine rings is 2. The second-order valence-corrected chi connectivity index (χ2v) is 11.1. The number of carbonyl (C=O) groups is 2. The molecule has 2 heterocycles. The van der Waals surface area contributed by atoms with E-state index >= 15 is 0 Å². The molecule has 0 N–H and O–H groups in total. The molecule has 0 spiro atoms. The highest BCUT2D eigenvalue weighted by atomic mass is 32.2. The minimum absolute atomic E-state index is 0.111. The fraction of sp³-hybridized carbons (Fsp3) is 0.636. The van der Waals surface area contributed by atoms with Crippen LogP contribution in [0.2, 0.25) is 0 Å². The topological polar surface area (TPSA) is 84.0 Å². The van der Waals surface area contributed by atoms with E-state index < -0.39 is 9.84 Å². The number of benzene rings is 1. The smallest absolute Gasteiger partial charge is 0.257 e. The average molecular weight is 435 g/mol. The van der Waals surface area contributed by atoms with E-state index in [9.17, 15) is 18.0 Å². The molecule has 4 rings (SSSR count). The van der Waals surface area contributed by atoms with Crippen molar-refractivity contribution < 1.29 is 22.7 Å². The molecule has 7 nitrogen and oxygen atoms in total. The van der Waals surface area contributed by atoms with Crippen LogP contribution in [-0.2, 0) is 14.6 Å². The Labute approximate surface area is 178 Å². The zero-order valence-electron chi connectivity index (χ0n) is 17.8. The van der Waals surface area contributed by atoms with Gasteiger partial charge in [-0.1, -0.05) is 0 Å². The number of amides is 2. The number of ether oxygens (including phenoxy) is 1. The zero-order valence-corrected chi connectivity index (χ0v) is 18.7. The van der Waals surface area contributed by atoms with Gasteiger partial charge in [-0.05, 0) is 63.6 Å². The van der Waals surface area contributed by atoms with Crippen LogP contribution < -0.4 is 4.74 Å². The van der Waals surface area contributed by atoms with Crippen LogP contribution in [0.25, 0.3) is 0 Å². The summed E-state index contributed by atoms with van der Waals surface area (Å²) in [6.45, 7) is 4.89. The van der Waals surface area contributed by atoms with Gasteiger partial charge in [-0.25, -0.2) is 8.42 Å². The molecule has 164 valence electrons. The number of fused-ring (bicyclic) bond motifs is 1. The molecule has 0 bridgehead atoms. The van der Waals surface area contributed by atoms with Crippen LogP contribution in [0, 0.1) is 5.92 Å². The highest BCUT2D eigenvalue weighted by molar-refractivity contribution is 7.90. The van der Waals surface area contributed by atoms with Gasteiger partial charge in [-0.3, -0.25) is 9.59 Å². The second-order valence-electron chi connectivity index (χ2n) is 9.03. The first-order valence-electron chi connectivity index (χ1n) is 10.8. The maximum atomic E-state index is 13.4. The summed E-state index contributed by atoms with van der Waals surface area (Å²) in [5.74, 6) is 0.730. The number of sulfone groups is 1. The molecule has 8 heteroatoms. The van der Waals surface area contributed by atoms with Crippen LogP contribution in [0.4, 0.5) is 0 Å². The van der Waals surface area contributed by atoms with Crippen molar-refractivity contribution in [2.45, 2.75) is 69.0 Å². The van der Waals surface area contributed by atoms with Gasteiger partial charge >= 0.3 is 0 Å². The SMILES string of the molecule is CC(C)Oc1ccc(S(C)(=O)=O)cc1C(=O)N1CC[C@@H]2[C@H](CCC(=O)N2C2CC2)C1. The van der Waals surface area contributed by atoms with Crippen molar-refractivity contribution in [2.75, 3.05) is 19.3 Å². The second kappa shape index (κ2) is 7.87. The largest absolute Gasteiger partial charge is 0.490 e. The lowest BCUT2D eigenvalue weighted by Gasteiger charge is -2.47. The van der Waals surface area contributed by atoms with Crippen molar-refractivity contribution in [1.29, 1.82) is 0 Å². The highest BCUT2D eigenvalue weighted by Crippen LogP contribution is 2.39. The number of rotatable bonds is 5. The predicted molar refractivity (Wildman–Crippen MR) is 112 cm³/mol. The van der Waals surface area contributed by atoms with Crippen LogP contribution in [0.15, 0.2) is 23.1 Å². The third-order valence-corrected chi connectivity index (χ3v) is 7.38. The molecule has 30 heavy (non-hydrogen) atoms. The Morgan fingerprint density at radius 1 is 1.17 bits per heavy atom. The lowest BCUT2D eigenvalue weighted by Crippen LogP contribution is -2.57. The minimum Gasteiger partial charge on any atom is -0.490 e. The summed E-state index contributed by atoms with van der Waals surface area (Å²) in [5.41, 5.74) is 0.288. The summed E-state index contributed by atoms with van der Waals surface area (Å²) in [6, 6.07) is 5.10. The van der Waals surface area contributed by atoms with Crippen molar-refractivity contribution in [1.82, 2.24) is 9.80 Å². The van der Waals surface area contributed by atoms with E-state index in [2.05, 4.69) is 4.90 Å². The van der Waals surface area contributed by atoms with E-state index in [1.54, 1.807) is 11.0 Å². The van der Waals surface area contributed by atoms with Crippen molar-refractivity contribution in [3.8, 4) is 5.75 Å². The minimum atomic E-state index is -3.44. The third-order valence-electron chi connectivity index (χ3n) is 6.27. The van der Waals surface area contributed by atoms with Gasteiger partial charge in [0, 0.05) is 37.8 Å². The van der Waals surface area contributed by atoms with E-state index in [-0.39, 0.29) is 40.3 Å². The van der Waals surface area contributed by atoms with Gasteiger partial charge < -0.3 is 14.5 Å². The van der Waals surface area contributed by atoms with E-state index in [0.717, 1.165) is 31.9 Å². The molecule has 1 aromatic rings. The Kier molecular flexibility index (Phi) is 5.55. The number of nitrogens with zero attached hydrogens (tertiary/aromatic N) is 2. The van der Waals surface area contributed by atoms with Crippen LogP contribution in [0.5, 0.6) is 5.75 Å². The van der Waals surface area contributed by atoms with Gasteiger partial charge in [0.2, 0.25) is 5.91 Å². The van der Waals surface area contributed by atoms with Gasteiger partial charge in [0.15, 0.2) is 9.84 Å². The zero-order chi connectivity index (χ0) is 21.6. The lowest BCUT2D eigenvalue weighted by atomic mass is 9.83. The Morgan fingerprint density at radius 3 is 2.53 bits per heavy atom. The molecule has 1 saturated carbocycles. The lowest BCUT2D eigenvalue weighted by molar-refractivity contribution is -0.141. The van der Waals surface area contributed by atoms with Crippen molar-refractivity contribution in [2.24, 2.45) is 5.92 Å². The summed E-state index contributed by atoms with van der Waals surface area (Å²) in [7, 11) is -3.44. The Hall–Kier alpha value is -2.09. The maximum Gasteiger partial charge on any atom is 0.257 e. The van der Waals surface area contributed by atoms with Gasteiger partial charge in [0.25, 0.3) is 5.91 Å². The molecule has 2 amide bonds. The molecule has 1 aromatic carbocycles. The van der Waals surface area contributed by atoms with Crippen LogP contribution >= 0.6 is 0 Å². The normalized spacial score (nSPS) is 24.7. The monoisotopic (exact) mass is 434 g/mol.